The van der Waals surface area contributed by atoms with Gasteiger partial charge in [-0.05, 0) is 36.5 Å². The Morgan fingerprint density at radius 2 is 1.22 bits per heavy atom. The summed E-state index contributed by atoms with van der Waals surface area (Å²) in [4.78, 5) is 34.2. The van der Waals surface area contributed by atoms with Crippen LogP contribution in [0.4, 0.5) is 21.9 Å². The second-order valence-electron chi connectivity index (χ2n) is 9.49. The highest BCUT2D eigenvalue weighted by Crippen LogP contribution is 2.40. The fourth-order valence-electron chi connectivity index (χ4n) is 4.98. The van der Waals surface area contributed by atoms with Crippen molar-refractivity contribution in [2.75, 3.05) is 11.5 Å². The van der Waals surface area contributed by atoms with E-state index in [-0.39, 0.29) is 12.3 Å². The van der Waals surface area contributed by atoms with E-state index in [1.807, 2.05) is 91.0 Å². The summed E-state index contributed by atoms with van der Waals surface area (Å²) in [7, 11) is 0. The lowest BCUT2D eigenvalue weighted by atomic mass is 9.80. The van der Waals surface area contributed by atoms with Crippen LogP contribution in [0.1, 0.15) is 36.5 Å². The summed E-state index contributed by atoms with van der Waals surface area (Å²) < 4.78 is 6.74. The van der Waals surface area contributed by atoms with Gasteiger partial charge >= 0.3 is 6.09 Å². The van der Waals surface area contributed by atoms with Gasteiger partial charge in [0, 0.05) is 24.8 Å². The Bertz CT molecular complexity index is 1370. The number of rotatable bonds is 12. The first-order chi connectivity index (χ1) is 19.7. The minimum absolute atomic E-state index is 0.140. The molecule has 0 radical (unpaired) electrons. The minimum Gasteiger partial charge on any atom is -0.465 e. The highest BCUT2D eigenvalue weighted by atomic mass is 16.6. The fraction of sp³-hybridized carbons (Fsp3) is 0.194. The van der Waals surface area contributed by atoms with Crippen molar-refractivity contribution in [2.45, 2.75) is 31.4 Å². The number of hydrogen-bond acceptors (Lipinski definition) is 6. The first kappa shape index (κ1) is 28.9. The maximum absolute atomic E-state index is 12.2. The molecule has 1 amide bonds. The van der Waals surface area contributed by atoms with Crippen LogP contribution >= 0.6 is 0 Å². The number of ether oxygens (including phenoxy) is 1. The number of nitro groups is 2. The van der Waals surface area contributed by atoms with Crippen LogP contribution in [0.15, 0.2) is 109 Å². The highest BCUT2D eigenvalue weighted by molar-refractivity contribution is 5.88. The first-order valence-electron chi connectivity index (χ1n) is 13.0. The third-order valence-corrected chi connectivity index (χ3v) is 6.86. The molecule has 1 atom stereocenters. The van der Waals surface area contributed by atoms with E-state index in [0.717, 1.165) is 39.8 Å². The number of carbonyl (C=O) groups is 1. The van der Waals surface area contributed by atoms with Crippen molar-refractivity contribution in [1.82, 2.24) is 0 Å². The van der Waals surface area contributed by atoms with Gasteiger partial charge in [-0.1, -0.05) is 91.0 Å². The van der Waals surface area contributed by atoms with Gasteiger partial charge in [0.1, 0.15) is 5.60 Å². The van der Waals surface area contributed by atoms with E-state index >= 15 is 0 Å². The molecule has 0 aliphatic carbocycles. The number of non-ortho nitro benzene ring substituents is 2. The van der Waals surface area contributed by atoms with E-state index in [1.54, 1.807) is 6.92 Å². The van der Waals surface area contributed by atoms with Crippen molar-refractivity contribution >= 4 is 23.2 Å². The van der Waals surface area contributed by atoms with Crippen LogP contribution in [0.2, 0.25) is 0 Å². The van der Waals surface area contributed by atoms with E-state index in [9.17, 15) is 30.1 Å². The molecule has 0 heterocycles. The molecule has 41 heavy (non-hydrogen) atoms. The van der Waals surface area contributed by atoms with Gasteiger partial charge in [0.25, 0.3) is 11.4 Å². The summed E-state index contributed by atoms with van der Waals surface area (Å²) in [6.07, 6.45) is -0.603. The van der Waals surface area contributed by atoms with Crippen LogP contribution in [-0.2, 0) is 10.3 Å². The van der Waals surface area contributed by atoms with Gasteiger partial charge in [0.15, 0.2) is 0 Å². The molecule has 0 saturated carbocycles. The van der Waals surface area contributed by atoms with Gasteiger partial charge in [-0.2, -0.15) is 0 Å². The predicted molar refractivity (Wildman–Crippen MR) is 154 cm³/mol. The molecule has 1 unspecified atom stereocenters. The maximum Gasteiger partial charge on any atom is 0.412 e. The van der Waals surface area contributed by atoms with Crippen LogP contribution in [-0.4, -0.2) is 33.7 Å². The number of benzene rings is 4. The van der Waals surface area contributed by atoms with Crippen LogP contribution in [0.25, 0.3) is 0 Å². The first-order valence-corrected chi connectivity index (χ1v) is 13.0. The molecule has 1 N–H and O–H groups in total. The molecule has 0 saturated heterocycles. The monoisotopic (exact) mass is 555 g/mol. The van der Waals surface area contributed by atoms with Crippen LogP contribution in [0.5, 0.6) is 0 Å². The Hall–Kier alpha value is -5.09. The van der Waals surface area contributed by atoms with Crippen molar-refractivity contribution in [3.63, 3.8) is 0 Å². The Morgan fingerprint density at radius 3 is 1.59 bits per heavy atom. The van der Waals surface area contributed by atoms with E-state index in [2.05, 4.69) is 0 Å². The van der Waals surface area contributed by atoms with E-state index < -0.39 is 39.0 Å². The smallest absolute Gasteiger partial charge is 0.412 e. The molecule has 210 valence electrons. The second-order valence-corrected chi connectivity index (χ2v) is 9.49. The zero-order valence-corrected chi connectivity index (χ0v) is 22.3. The summed E-state index contributed by atoms with van der Waals surface area (Å²) >= 11 is 0. The lowest BCUT2D eigenvalue weighted by Crippen LogP contribution is -2.38. The Labute approximate surface area is 236 Å². The molecular formula is C31H29N3O7. The predicted octanol–water partition coefficient (Wildman–Crippen LogP) is 7.16. The number of carboxylic acid groups (broad SMARTS) is 1. The average molecular weight is 556 g/mol. The summed E-state index contributed by atoms with van der Waals surface area (Å²) in [5, 5.41) is 32.6. The molecule has 4 aromatic carbocycles. The summed E-state index contributed by atoms with van der Waals surface area (Å²) in [6, 6.07) is 31.7. The van der Waals surface area contributed by atoms with Gasteiger partial charge in [-0.25, -0.2) is 4.79 Å². The molecule has 0 aliphatic heterocycles. The Morgan fingerprint density at radius 1 is 0.805 bits per heavy atom. The van der Waals surface area contributed by atoms with Gasteiger partial charge < -0.3 is 9.84 Å². The van der Waals surface area contributed by atoms with E-state index in [1.165, 1.54) is 0 Å². The van der Waals surface area contributed by atoms with Crippen LogP contribution < -0.4 is 4.90 Å². The number of amides is 1. The molecule has 0 bridgehead atoms. The molecule has 0 spiro atoms. The van der Waals surface area contributed by atoms with E-state index in [0.29, 0.717) is 12.8 Å². The molecule has 10 nitrogen and oxygen atoms in total. The number of nitro benzene ring substituents is 2. The normalized spacial score (nSPS) is 11.9. The van der Waals surface area contributed by atoms with E-state index in [4.69, 9.17) is 4.74 Å². The van der Waals surface area contributed by atoms with Crippen LogP contribution in [0.3, 0.4) is 0 Å². The molecule has 10 heteroatoms. The maximum atomic E-state index is 12.2. The highest BCUT2D eigenvalue weighted by Gasteiger charge is 2.37. The van der Waals surface area contributed by atoms with Crippen molar-refractivity contribution < 1.29 is 24.5 Å². The fourth-order valence-corrected chi connectivity index (χ4v) is 4.98. The van der Waals surface area contributed by atoms with Crippen molar-refractivity contribution in [1.29, 1.82) is 0 Å². The second kappa shape index (κ2) is 12.8. The Balaban J connectivity index is 1.60. The lowest BCUT2D eigenvalue weighted by Gasteiger charge is -2.36. The SMILES string of the molecule is CC(CCCOC(c1ccccc1)(c1ccccc1)c1ccccc1)N(C(=O)O)c1cc([N+](=O)[O-])cc([N+](=O)[O-])c1. The number of anilines is 1. The van der Waals surface area contributed by atoms with Crippen LogP contribution in [0, 0.1) is 20.2 Å². The molecule has 4 aromatic rings. The van der Waals surface area contributed by atoms with Crippen molar-refractivity contribution in [3.8, 4) is 0 Å². The van der Waals surface area contributed by atoms with Crippen molar-refractivity contribution in [2.24, 2.45) is 0 Å². The topological polar surface area (TPSA) is 136 Å². The van der Waals surface area contributed by atoms with Gasteiger partial charge in [-0.3, -0.25) is 25.1 Å². The molecule has 0 aromatic heterocycles. The summed E-state index contributed by atoms with van der Waals surface area (Å²) in [5.74, 6) is 0. The largest absolute Gasteiger partial charge is 0.465 e. The molecule has 0 aliphatic rings. The lowest BCUT2D eigenvalue weighted by molar-refractivity contribution is -0.394. The number of nitrogens with zero attached hydrogens (tertiary/aromatic N) is 3. The summed E-state index contributed by atoms with van der Waals surface area (Å²) in [5.41, 5.74) is 0.604. The number of hydrogen-bond donors (Lipinski definition) is 1. The average Bonchev–Trinajstić information content (AvgIpc) is 2.98. The van der Waals surface area contributed by atoms with Gasteiger partial charge in [0.05, 0.1) is 21.6 Å². The third-order valence-electron chi connectivity index (χ3n) is 6.86. The standard InChI is InChI=1S/C31H29N3O7/c1-23(32(30(35)36)27-20-28(33(37)38)22-29(21-27)34(39)40)12-11-19-41-31(24-13-5-2-6-14-24,25-15-7-3-8-16-25)26-17-9-4-10-18-26/h2-10,13-18,20-23H,11-12,19H2,1H3,(H,35,36). The quantitative estimate of drug-likeness (QED) is 0.0847. The van der Waals surface area contributed by atoms with Gasteiger partial charge in [-0.15, -0.1) is 0 Å². The van der Waals surface area contributed by atoms with Gasteiger partial charge in [0.2, 0.25) is 0 Å². The summed E-state index contributed by atoms with van der Waals surface area (Å²) in [6.45, 7) is 1.91. The molecular weight excluding hydrogens is 526 g/mol. The minimum atomic E-state index is -1.37. The molecule has 0 fully saturated rings. The zero-order valence-electron chi connectivity index (χ0n) is 22.3. The zero-order chi connectivity index (χ0) is 29.4. The van der Waals surface area contributed by atoms with Crippen molar-refractivity contribution in [3.05, 3.63) is 146 Å². The third kappa shape index (κ3) is 6.39. The molecule has 4 rings (SSSR count). The Kier molecular flexibility index (Phi) is 9.05.